The molecule has 2 aromatic heterocycles. The fourth-order valence-corrected chi connectivity index (χ4v) is 3.80. The highest BCUT2D eigenvalue weighted by molar-refractivity contribution is 7.12. The van der Waals surface area contributed by atoms with E-state index in [9.17, 15) is 9.59 Å². The highest BCUT2D eigenvalue weighted by atomic mass is 32.1. The van der Waals surface area contributed by atoms with Crippen molar-refractivity contribution in [2.45, 2.75) is 27.2 Å². The van der Waals surface area contributed by atoms with Gasteiger partial charge in [-0.15, -0.1) is 11.3 Å². The Labute approximate surface area is 156 Å². The normalized spacial score (nSPS) is 10.7. The molecule has 3 rings (SSSR count). The van der Waals surface area contributed by atoms with Gasteiger partial charge >= 0.3 is 0 Å². The monoisotopic (exact) mass is 367 g/mol. The number of benzene rings is 1. The molecule has 6 heteroatoms. The zero-order chi connectivity index (χ0) is 18.7. The lowest BCUT2D eigenvalue weighted by atomic mass is 10.0. The lowest BCUT2D eigenvalue weighted by Crippen LogP contribution is -2.25. The van der Waals surface area contributed by atoms with E-state index < -0.39 is 0 Å². The summed E-state index contributed by atoms with van der Waals surface area (Å²) in [6.45, 7) is 6.04. The Morgan fingerprint density at radius 1 is 1.23 bits per heavy atom. The van der Waals surface area contributed by atoms with Gasteiger partial charge in [0.2, 0.25) is 0 Å². The second-order valence-corrected chi connectivity index (χ2v) is 7.13. The van der Waals surface area contributed by atoms with E-state index in [0.717, 1.165) is 34.5 Å². The summed E-state index contributed by atoms with van der Waals surface area (Å²) in [6, 6.07) is 9.30. The van der Waals surface area contributed by atoms with Gasteiger partial charge < -0.3 is 5.32 Å². The van der Waals surface area contributed by atoms with Crippen molar-refractivity contribution >= 4 is 23.0 Å². The highest BCUT2D eigenvalue weighted by Gasteiger charge is 2.13. The predicted octanol–water partition coefficient (Wildman–Crippen LogP) is 3.93. The first-order chi connectivity index (χ1) is 12.5. The Morgan fingerprint density at radius 3 is 2.73 bits per heavy atom. The molecule has 1 amide bonds. The highest BCUT2D eigenvalue weighted by Crippen LogP contribution is 2.29. The summed E-state index contributed by atoms with van der Waals surface area (Å²) < 4.78 is 0. The largest absolute Gasteiger partial charge is 0.352 e. The van der Waals surface area contributed by atoms with Crippen molar-refractivity contribution < 1.29 is 9.59 Å². The quantitative estimate of drug-likeness (QED) is 0.648. The molecule has 0 unspecified atom stereocenters. The van der Waals surface area contributed by atoms with Crippen LogP contribution in [0.2, 0.25) is 0 Å². The molecular weight excluding hydrogens is 346 g/mol. The second kappa shape index (κ2) is 7.66. The number of carbonyl (C=O) groups is 2. The lowest BCUT2D eigenvalue weighted by molar-refractivity contribution is 0.0953. The van der Waals surface area contributed by atoms with Crippen LogP contribution in [0.5, 0.6) is 0 Å². The van der Waals surface area contributed by atoms with Gasteiger partial charge in [0, 0.05) is 23.4 Å². The van der Waals surface area contributed by atoms with Crippen molar-refractivity contribution in [3.8, 4) is 11.1 Å². The molecule has 0 saturated carbocycles. The molecule has 2 N–H and O–H groups in total. The molecule has 2 heterocycles. The van der Waals surface area contributed by atoms with Gasteiger partial charge in [0.1, 0.15) is 0 Å². The number of rotatable bonds is 6. The van der Waals surface area contributed by atoms with Crippen LogP contribution < -0.4 is 5.32 Å². The fourth-order valence-electron chi connectivity index (χ4n) is 2.98. The molecule has 0 fully saturated rings. The number of nitrogens with one attached hydrogen (secondary N) is 2. The molecule has 1 aromatic carbocycles. The maximum atomic E-state index is 12.5. The van der Waals surface area contributed by atoms with E-state index in [2.05, 4.69) is 15.5 Å². The zero-order valence-corrected chi connectivity index (χ0v) is 15.9. The Morgan fingerprint density at radius 2 is 2.04 bits per heavy atom. The van der Waals surface area contributed by atoms with E-state index in [4.69, 9.17) is 0 Å². The van der Waals surface area contributed by atoms with Crippen LogP contribution in [0.4, 0.5) is 0 Å². The van der Waals surface area contributed by atoms with Crippen LogP contribution in [-0.2, 0) is 6.42 Å². The number of thiophene rings is 1. The van der Waals surface area contributed by atoms with Crippen molar-refractivity contribution in [2.24, 2.45) is 0 Å². The minimum absolute atomic E-state index is 0.0377. The number of aryl methyl sites for hydroxylation is 2. The van der Waals surface area contributed by atoms with Crippen molar-refractivity contribution in [2.75, 3.05) is 6.54 Å². The smallest absolute Gasteiger partial charge is 0.251 e. The summed E-state index contributed by atoms with van der Waals surface area (Å²) in [4.78, 5) is 25.0. The molecule has 0 aliphatic heterocycles. The van der Waals surface area contributed by atoms with Crippen LogP contribution in [0.3, 0.4) is 0 Å². The number of amides is 1. The molecule has 134 valence electrons. The first-order valence-electron chi connectivity index (χ1n) is 8.45. The summed E-state index contributed by atoms with van der Waals surface area (Å²) in [5.74, 6) is -0.0824. The number of H-pyrrole nitrogens is 1. The van der Waals surface area contributed by atoms with E-state index in [-0.39, 0.29) is 11.7 Å². The minimum atomic E-state index is -0.120. The van der Waals surface area contributed by atoms with E-state index in [1.165, 1.54) is 11.3 Å². The SMILES string of the molecule is CC(=O)c1sccc1-c1cccc(C(=O)NCCc2c(C)n[nH]c2C)c1. The lowest BCUT2D eigenvalue weighted by Gasteiger charge is -2.08. The third-order valence-corrected chi connectivity index (χ3v) is 5.38. The summed E-state index contributed by atoms with van der Waals surface area (Å²) in [6.07, 6.45) is 0.735. The molecule has 0 spiro atoms. The first kappa shape index (κ1) is 18.1. The van der Waals surface area contributed by atoms with Crippen LogP contribution in [0.1, 0.15) is 43.9 Å². The van der Waals surface area contributed by atoms with Gasteiger partial charge in [0.15, 0.2) is 5.78 Å². The number of carbonyl (C=O) groups excluding carboxylic acids is 2. The summed E-state index contributed by atoms with van der Waals surface area (Å²) in [5.41, 5.74) is 5.49. The summed E-state index contributed by atoms with van der Waals surface area (Å²) in [7, 11) is 0. The second-order valence-electron chi connectivity index (χ2n) is 6.22. The first-order valence-corrected chi connectivity index (χ1v) is 9.33. The van der Waals surface area contributed by atoms with Crippen LogP contribution >= 0.6 is 11.3 Å². The Kier molecular flexibility index (Phi) is 5.32. The van der Waals surface area contributed by atoms with Gasteiger partial charge in [-0.1, -0.05) is 12.1 Å². The number of Topliss-reactive ketones (excluding diaryl/α,β-unsaturated/α-hetero) is 1. The number of nitrogens with zero attached hydrogens (tertiary/aromatic N) is 1. The summed E-state index contributed by atoms with van der Waals surface area (Å²) >= 11 is 1.42. The maximum absolute atomic E-state index is 12.5. The Bertz CT molecular complexity index is 936. The number of ketones is 1. The molecule has 5 nitrogen and oxygen atoms in total. The molecule has 0 aliphatic carbocycles. The van der Waals surface area contributed by atoms with E-state index in [1.807, 2.05) is 43.5 Å². The van der Waals surface area contributed by atoms with E-state index >= 15 is 0 Å². The number of hydrogen-bond acceptors (Lipinski definition) is 4. The van der Waals surface area contributed by atoms with E-state index in [0.29, 0.717) is 17.0 Å². The fraction of sp³-hybridized carbons (Fsp3) is 0.250. The van der Waals surface area contributed by atoms with Crippen LogP contribution in [0.25, 0.3) is 11.1 Å². The molecule has 0 atom stereocenters. The van der Waals surface area contributed by atoms with Gasteiger partial charge in [-0.25, -0.2) is 0 Å². The van der Waals surface area contributed by atoms with Crippen molar-refractivity contribution in [3.63, 3.8) is 0 Å². The molecular formula is C20H21N3O2S. The van der Waals surface area contributed by atoms with Crippen LogP contribution in [-0.4, -0.2) is 28.4 Å². The zero-order valence-electron chi connectivity index (χ0n) is 15.1. The number of hydrogen-bond donors (Lipinski definition) is 2. The minimum Gasteiger partial charge on any atom is -0.352 e. The standard InChI is InChI=1S/C20H21N3O2S/c1-12-17(13(2)23-22-12)7-9-21-20(25)16-6-4-5-15(11-16)18-8-10-26-19(18)14(3)24/h4-6,8,10-11H,7,9H2,1-3H3,(H,21,25)(H,22,23). The molecule has 3 aromatic rings. The van der Waals surface area contributed by atoms with Crippen molar-refractivity contribution in [1.82, 2.24) is 15.5 Å². The molecule has 0 saturated heterocycles. The topological polar surface area (TPSA) is 74.8 Å². The predicted molar refractivity (Wildman–Crippen MR) is 104 cm³/mol. The van der Waals surface area contributed by atoms with Crippen LogP contribution in [0, 0.1) is 13.8 Å². The van der Waals surface area contributed by atoms with E-state index in [1.54, 1.807) is 13.0 Å². The Hall–Kier alpha value is -2.73. The molecule has 0 radical (unpaired) electrons. The van der Waals surface area contributed by atoms with Crippen molar-refractivity contribution in [1.29, 1.82) is 0 Å². The third-order valence-electron chi connectivity index (χ3n) is 4.36. The Balaban J connectivity index is 1.70. The molecule has 0 bridgehead atoms. The number of aromatic nitrogens is 2. The average Bonchev–Trinajstić information content (AvgIpc) is 3.24. The average molecular weight is 367 g/mol. The third kappa shape index (κ3) is 3.75. The molecule has 26 heavy (non-hydrogen) atoms. The molecule has 0 aliphatic rings. The van der Waals surface area contributed by atoms with Gasteiger partial charge in [-0.2, -0.15) is 5.10 Å². The van der Waals surface area contributed by atoms with Gasteiger partial charge in [0.25, 0.3) is 5.91 Å². The summed E-state index contributed by atoms with van der Waals surface area (Å²) in [5, 5.41) is 12.0. The van der Waals surface area contributed by atoms with Gasteiger partial charge in [0.05, 0.1) is 10.6 Å². The number of aromatic amines is 1. The van der Waals surface area contributed by atoms with Gasteiger partial charge in [-0.3, -0.25) is 14.7 Å². The van der Waals surface area contributed by atoms with Crippen LogP contribution in [0.15, 0.2) is 35.7 Å². The van der Waals surface area contributed by atoms with Crippen molar-refractivity contribution in [3.05, 3.63) is 63.1 Å². The maximum Gasteiger partial charge on any atom is 0.251 e. The van der Waals surface area contributed by atoms with Gasteiger partial charge in [-0.05, 0) is 61.9 Å².